The summed E-state index contributed by atoms with van der Waals surface area (Å²) in [6.07, 6.45) is -1.38. The number of ether oxygens (including phenoxy) is 5. The molecule has 0 aliphatic carbocycles. The van der Waals surface area contributed by atoms with Gasteiger partial charge in [0.2, 0.25) is 18.5 Å². The lowest BCUT2D eigenvalue weighted by atomic mass is 10.1. The van der Waals surface area contributed by atoms with Crippen molar-refractivity contribution in [2.24, 2.45) is 22.3 Å². The van der Waals surface area contributed by atoms with Gasteiger partial charge in [-0.25, -0.2) is 23.2 Å². The van der Waals surface area contributed by atoms with Crippen molar-refractivity contribution in [3.8, 4) is 0 Å². The van der Waals surface area contributed by atoms with E-state index >= 15 is 0 Å². The van der Waals surface area contributed by atoms with Crippen molar-refractivity contribution in [3.63, 3.8) is 0 Å². The molecule has 15 heteroatoms. The van der Waals surface area contributed by atoms with Crippen molar-refractivity contribution < 1.29 is 51.7 Å². The summed E-state index contributed by atoms with van der Waals surface area (Å²) >= 11 is 0. The normalized spacial score (nSPS) is 16.0. The van der Waals surface area contributed by atoms with E-state index < -0.39 is 56.4 Å². The largest absolute Gasteiger partial charge is 0.510 e. The quantitative estimate of drug-likeness (QED) is 0.0343. The lowest BCUT2D eigenvalue weighted by Crippen LogP contribution is -2.39. The van der Waals surface area contributed by atoms with Crippen molar-refractivity contribution in [1.82, 2.24) is 4.90 Å². The van der Waals surface area contributed by atoms with Crippen LogP contribution in [0.5, 0.6) is 0 Å². The van der Waals surface area contributed by atoms with Gasteiger partial charge in [0.25, 0.3) is 0 Å². The molecule has 0 aromatic rings. The van der Waals surface area contributed by atoms with E-state index in [0.717, 1.165) is 6.42 Å². The van der Waals surface area contributed by atoms with E-state index in [0.29, 0.717) is 32.1 Å². The molecule has 2 N–H and O–H groups in total. The Bertz CT molecular complexity index is 817. The van der Waals surface area contributed by atoms with Crippen molar-refractivity contribution in [2.75, 3.05) is 33.4 Å². The number of carbonyl (C=O) groups excluding carboxylic acids is 3. The van der Waals surface area contributed by atoms with E-state index in [2.05, 4.69) is 4.76 Å². The average molecular weight is 612 g/mol. The zero-order valence-corrected chi connectivity index (χ0v) is 26.7. The standard InChI is InChI=1S/C26H50N3O11P/c1-9-14-17-34-21(30)18-29(8)24(27)28-41(33,39-22(19(6)12-4)37-25(31)35-15-10-2)40-23(20(7)13-5)38-26(32)36-16-11-3/h19-20,22-23H,9-18H2,1-8H3,(H2,27,28,33). The number of hydrogen-bond acceptors (Lipinski definition) is 11. The molecule has 0 saturated heterocycles. The highest BCUT2D eigenvalue weighted by Gasteiger charge is 2.40. The molecule has 0 spiro atoms. The highest BCUT2D eigenvalue weighted by molar-refractivity contribution is 7.52. The van der Waals surface area contributed by atoms with Gasteiger partial charge in [-0.05, 0) is 32.1 Å². The van der Waals surface area contributed by atoms with Crippen molar-refractivity contribution in [2.45, 2.75) is 99.6 Å². The number of unbranched alkanes of at least 4 members (excludes halogenated alkanes) is 1. The molecule has 0 bridgehead atoms. The Morgan fingerprint density at radius 1 is 0.780 bits per heavy atom. The van der Waals surface area contributed by atoms with Gasteiger partial charge >= 0.3 is 26.0 Å². The number of hydrogen-bond donors (Lipinski definition) is 1. The van der Waals surface area contributed by atoms with Gasteiger partial charge in [0, 0.05) is 18.9 Å². The molecule has 0 saturated carbocycles. The summed E-state index contributed by atoms with van der Waals surface area (Å²) in [4.78, 5) is 37.8. The van der Waals surface area contributed by atoms with Gasteiger partial charge in [0.1, 0.15) is 6.54 Å². The van der Waals surface area contributed by atoms with Crippen LogP contribution in [0.4, 0.5) is 9.59 Å². The van der Waals surface area contributed by atoms with Crippen molar-refractivity contribution >= 4 is 32.0 Å². The minimum Gasteiger partial charge on any atom is -0.464 e. The van der Waals surface area contributed by atoms with Gasteiger partial charge in [0.05, 0.1) is 19.8 Å². The van der Waals surface area contributed by atoms with Gasteiger partial charge < -0.3 is 34.3 Å². The van der Waals surface area contributed by atoms with Gasteiger partial charge in [-0.15, -0.1) is 4.76 Å². The average Bonchev–Trinajstić information content (AvgIpc) is 2.93. The number of rotatable bonds is 20. The number of esters is 1. The smallest absolute Gasteiger partial charge is 0.464 e. The molecule has 0 radical (unpaired) electrons. The fourth-order valence-corrected chi connectivity index (χ4v) is 4.26. The first-order valence-electron chi connectivity index (χ1n) is 14.2. The molecule has 41 heavy (non-hydrogen) atoms. The molecule has 4 atom stereocenters. The Morgan fingerprint density at radius 3 is 1.63 bits per heavy atom. The van der Waals surface area contributed by atoms with E-state index in [1.807, 2.05) is 20.8 Å². The summed E-state index contributed by atoms with van der Waals surface area (Å²) < 4.78 is 55.2. The minimum atomic E-state index is -4.71. The first kappa shape index (κ1) is 38.4. The molecular weight excluding hydrogens is 561 g/mol. The first-order valence-corrected chi connectivity index (χ1v) is 15.7. The van der Waals surface area contributed by atoms with Crippen LogP contribution in [-0.4, -0.2) is 75.1 Å². The fraction of sp³-hybridized carbons (Fsp3) is 0.846. The molecule has 0 fully saturated rings. The topological polar surface area (TPSA) is 175 Å². The Morgan fingerprint density at radius 2 is 1.24 bits per heavy atom. The molecule has 0 rings (SSSR count). The van der Waals surface area contributed by atoms with Gasteiger partial charge in [-0.1, -0.05) is 54.9 Å². The number of guanidine groups is 1. The third kappa shape index (κ3) is 16.5. The number of carbonyl (C=O) groups is 3. The summed E-state index contributed by atoms with van der Waals surface area (Å²) in [7, 11) is -3.28. The van der Waals surface area contributed by atoms with Crippen LogP contribution < -0.4 is 5.73 Å². The van der Waals surface area contributed by atoms with Crippen LogP contribution in [0.3, 0.4) is 0 Å². The Labute approximate surface area is 244 Å². The van der Waals surface area contributed by atoms with Gasteiger partial charge in [-0.2, -0.15) is 0 Å². The fourth-order valence-electron chi connectivity index (χ4n) is 2.68. The lowest BCUT2D eigenvalue weighted by molar-refractivity contribution is -0.144. The van der Waals surface area contributed by atoms with E-state index in [4.69, 9.17) is 38.5 Å². The summed E-state index contributed by atoms with van der Waals surface area (Å²) in [5, 5.41) is 0. The highest BCUT2D eigenvalue weighted by Crippen LogP contribution is 2.54. The molecule has 0 amide bonds. The lowest BCUT2D eigenvalue weighted by Gasteiger charge is -2.29. The molecule has 0 heterocycles. The molecular formula is C26H50N3O11P. The third-order valence-electron chi connectivity index (χ3n) is 5.71. The number of nitrogens with zero attached hydrogens (tertiary/aromatic N) is 2. The Kier molecular flexibility index (Phi) is 19.9. The highest BCUT2D eigenvalue weighted by atomic mass is 31.2. The first-order chi connectivity index (χ1) is 19.4. The molecule has 0 aromatic carbocycles. The maximum absolute atomic E-state index is 14.2. The SMILES string of the molecule is CCCCOC(=O)CN(C)/C(N)=N/P(=O)(OC(OC(=O)OCCC)C(C)CC)OC(OC(=O)OCCC)C(C)CC. The molecule has 240 valence electrons. The third-order valence-corrected chi connectivity index (χ3v) is 7.11. The van der Waals surface area contributed by atoms with Crippen LogP contribution in [0, 0.1) is 11.8 Å². The Balaban J connectivity index is 6.28. The van der Waals surface area contributed by atoms with Crippen molar-refractivity contribution in [1.29, 1.82) is 0 Å². The molecule has 14 nitrogen and oxygen atoms in total. The maximum atomic E-state index is 14.2. The van der Waals surface area contributed by atoms with Gasteiger partial charge in [-0.3, -0.25) is 4.79 Å². The molecule has 0 aliphatic heterocycles. The Hall–Kier alpha value is -2.57. The summed E-state index contributed by atoms with van der Waals surface area (Å²) in [5.74, 6) is -1.94. The van der Waals surface area contributed by atoms with E-state index in [-0.39, 0.29) is 26.4 Å². The molecule has 0 aliphatic rings. The van der Waals surface area contributed by atoms with Crippen LogP contribution in [0.1, 0.15) is 87.0 Å². The van der Waals surface area contributed by atoms with E-state index in [1.165, 1.54) is 11.9 Å². The summed E-state index contributed by atoms with van der Waals surface area (Å²) in [6.45, 7) is 12.7. The second kappa shape index (κ2) is 21.2. The number of likely N-dealkylation sites (N-methyl/N-ethyl adjacent to an activating group) is 1. The van der Waals surface area contributed by atoms with Crippen LogP contribution in [0.25, 0.3) is 0 Å². The zero-order valence-electron chi connectivity index (χ0n) is 25.8. The minimum absolute atomic E-state index is 0.105. The van der Waals surface area contributed by atoms with E-state index in [1.54, 1.807) is 27.7 Å². The maximum Gasteiger partial charge on any atom is 0.510 e. The zero-order chi connectivity index (χ0) is 31.4. The predicted octanol–water partition coefficient (Wildman–Crippen LogP) is 5.59. The number of nitrogens with two attached hydrogens (primary N) is 1. The van der Waals surface area contributed by atoms with Gasteiger partial charge in [0.15, 0.2) is 0 Å². The van der Waals surface area contributed by atoms with Crippen molar-refractivity contribution in [3.05, 3.63) is 0 Å². The second-order valence-electron chi connectivity index (χ2n) is 9.51. The summed E-state index contributed by atoms with van der Waals surface area (Å²) in [5.41, 5.74) is 6.08. The summed E-state index contributed by atoms with van der Waals surface area (Å²) in [6, 6.07) is 0. The van der Waals surface area contributed by atoms with E-state index in [9.17, 15) is 18.9 Å². The molecule has 0 aromatic heterocycles. The van der Waals surface area contributed by atoms with Crippen LogP contribution in [0.15, 0.2) is 4.76 Å². The van der Waals surface area contributed by atoms with Crippen LogP contribution in [0.2, 0.25) is 0 Å². The van der Waals surface area contributed by atoms with Crippen LogP contribution in [-0.2, 0) is 42.1 Å². The second-order valence-corrected chi connectivity index (χ2v) is 11.1. The monoisotopic (exact) mass is 611 g/mol. The molecule has 4 unspecified atom stereocenters. The predicted molar refractivity (Wildman–Crippen MR) is 152 cm³/mol. The van der Waals surface area contributed by atoms with Crippen LogP contribution >= 0.6 is 7.75 Å².